The van der Waals surface area contributed by atoms with E-state index in [9.17, 15) is 18.8 Å². The van der Waals surface area contributed by atoms with Crippen LogP contribution in [0.3, 0.4) is 0 Å². The van der Waals surface area contributed by atoms with Crippen molar-refractivity contribution < 1.29 is 14.3 Å². The lowest BCUT2D eigenvalue weighted by Gasteiger charge is -2.09. The van der Waals surface area contributed by atoms with E-state index in [0.717, 1.165) is 18.2 Å². The maximum absolute atomic E-state index is 13.9. The number of aromatic amines is 1. The first-order chi connectivity index (χ1) is 9.85. The van der Waals surface area contributed by atoms with Crippen molar-refractivity contribution in [1.29, 1.82) is 0 Å². The van der Waals surface area contributed by atoms with Gasteiger partial charge in [-0.15, -0.1) is 0 Å². The number of nitrogens with one attached hydrogen (secondary N) is 1. The molecule has 0 radical (unpaired) electrons. The van der Waals surface area contributed by atoms with Crippen molar-refractivity contribution in [2.24, 2.45) is 0 Å². The van der Waals surface area contributed by atoms with E-state index in [1.54, 1.807) is 6.92 Å². The molecule has 1 aromatic carbocycles. The number of rotatable bonds is 3. The second kappa shape index (κ2) is 5.53. The third kappa shape index (κ3) is 2.73. The summed E-state index contributed by atoms with van der Waals surface area (Å²) in [4.78, 5) is 37.3. The van der Waals surface area contributed by atoms with E-state index in [4.69, 9.17) is 16.7 Å². The lowest BCUT2D eigenvalue weighted by atomic mass is 10.2. The average molecular weight is 313 g/mol. The Kier molecular flexibility index (Phi) is 3.95. The van der Waals surface area contributed by atoms with E-state index >= 15 is 0 Å². The summed E-state index contributed by atoms with van der Waals surface area (Å²) < 4.78 is 14.5. The second-order valence-electron chi connectivity index (χ2n) is 4.22. The molecule has 0 aliphatic carbocycles. The first kappa shape index (κ1) is 15.0. The van der Waals surface area contributed by atoms with Crippen LogP contribution in [0.15, 0.2) is 27.8 Å². The fourth-order valence-corrected chi connectivity index (χ4v) is 2.07. The van der Waals surface area contributed by atoms with Crippen molar-refractivity contribution in [1.82, 2.24) is 9.55 Å². The van der Waals surface area contributed by atoms with Crippen LogP contribution in [0.25, 0.3) is 5.69 Å². The number of hydrogen-bond acceptors (Lipinski definition) is 3. The van der Waals surface area contributed by atoms with E-state index in [1.165, 1.54) is 0 Å². The van der Waals surface area contributed by atoms with Gasteiger partial charge in [-0.1, -0.05) is 18.5 Å². The second-order valence-corrected chi connectivity index (χ2v) is 4.62. The number of carboxylic acids is 1. The van der Waals surface area contributed by atoms with Crippen LogP contribution in [0.5, 0.6) is 0 Å². The maximum Gasteiger partial charge on any atom is 0.337 e. The first-order valence-corrected chi connectivity index (χ1v) is 6.31. The molecule has 0 amide bonds. The third-order valence-corrected chi connectivity index (χ3v) is 3.19. The molecule has 0 atom stereocenters. The fraction of sp³-hybridized carbons (Fsp3) is 0.154. The zero-order chi connectivity index (χ0) is 15.7. The molecule has 0 aliphatic rings. The highest BCUT2D eigenvalue weighted by atomic mass is 35.5. The molecule has 0 bridgehead atoms. The number of benzene rings is 1. The van der Waals surface area contributed by atoms with Crippen LogP contribution in [-0.4, -0.2) is 20.6 Å². The van der Waals surface area contributed by atoms with Crippen molar-refractivity contribution in [3.05, 3.63) is 61.1 Å². The molecule has 6 nitrogen and oxygen atoms in total. The van der Waals surface area contributed by atoms with Crippen LogP contribution in [0.2, 0.25) is 5.02 Å². The molecule has 1 aromatic heterocycles. The van der Waals surface area contributed by atoms with Gasteiger partial charge in [0.15, 0.2) is 0 Å². The van der Waals surface area contributed by atoms with Gasteiger partial charge in [-0.25, -0.2) is 18.5 Å². The topological polar surface area (TPSA) is 92.2 Å². The van der Waals surface area contributed by atoms with E-state index in [1.807, 2.05) is 0 Å². The Balaban J connectivity index is 2.79. The highest BCUT2D eigenvalue weighted by molar-refractivity contribution is 6.33. The van der Waals surface area contributed by atoms with Crippen LogP contribution >= 0.6 is 11.6 Å². The minimum absolute atomic E-state index is 0.321. The van der Waals surface area contributed by atoms with Crippen molar-refractivity contribution in [2.75, 3.05) is 0 Å². The van der Waals surface area contributed by atoms with Crippen LogP contribution in [-0.2, 0) is 6.42 Å². The summed E-state index contributed by atoms with van der Waals surface area (Å²) in [6.45, 7) is 1.74. The summed E-state index contributed by atoms with van der Waals surface area (Å²) in [5.74, 6) is -2.36. The smallest absolute Gasteiger partial charge is 0.337 e. The quantitative estimate of drug-likeness (QED) is 0.900. The Morgan fingerprint density at radius 3 is 2.57 bits per heavy atom. The average Bonchev–Trinajstić information content (AvgIpc) is 2.39. The number of halogens is 2. The van der Waals surface area contributed by atoms with Gasteiger partial charge in [0, 0.05) is 11.8 Å². The number of nitrogens with zero attached hydrogens (tertiary/aromatic N) is 1. The molecule has 2 aromatic rings. The zero-order valence-electron chi connectivity index (χ0n) is 10.8. The molecule has 8 heteroatoms. The summed E-state index contributed by atoms with van der Waals surface area (Å²) in [6.07, 6.45) is 0.425. The molecule has 2 rings (SSSR count). The first-order valence-electron chi connectivity index (χ1n) is 5.93. The summed E-state index contributed by atoms with van der Waals surface area (Å²) in [5.41, 5.74) is -2.08. The van der Waals surface area contributed by atoms with Crippen LogP contribution in [0.1, 0.15) is 23.0 Å². The molecular formula is C13H10ClFN2O4. The number of aromatic carboxylic acids is 1. The number of hydrogen-bond donors (Lipinski definition) is 2. The number of H-pyrrole nitrogens is 1. The number of aromatic nitrogens is 2. The predicted octanol–water partition coefficient (Wildman–Crippen LogP) is 1.58. The molecule has 110 valence electrons. The van der Waals surface area contributed by atoms with Gasteiger partial charge in [0.05, 0.1) is 16.3 Å². The molecule has 0 unspecified atom stereocenters. The van der Waals surface area contributed by atoms with E-state index < -0.39 is 34.3 Å². The van der Waals surface area contributed by atoms with Gasteiger partial charge in [-0.05, 0) is 18.6 Å². The Morgan fingerprint density at radius 1 is 1.38 bits per heavy atom. The predicted molar refractivity (Wildman–Crippen MR) is 74.0 cm³/mol. The van der Waals surface area contributed by atoms with Crippen molar-refractivity contribution in [3.63, 3.8) is 0 Å². The lowest BCUT2D eigenvalue weighted by Crippen LogP contribution is -2.34. The molecular weight excluding hydrogens is 303 g/mol. The largest absolute Gasteiger partial charge is 0.478 e. The minimum atomic E-state index is -1.39. The van der Waals surface area contributed by atoms with Gasteiger partial charge in [-0.2, -0.15) is 0 Å². The zero-order valence-corrected chi connectivity index (χ0v) is 11.6. The molecule has 0 saturated carbocycles. The van der Waals surface area contributed by atoms with Gasteiger partial charge < -0.3 is 10.1 Å². The lowest BCUT2D eigenvalue weighted by molar-refractivity contribution is 0.0697. The van der Waals surface area contributed by atoms with Crippen LogP contribution in [0.4, 0.5) is 4.39 Å². The number of aryl methyl sites for hydroxylation is 1. The van der Waals surface area contributed by atoms with E-state index in [2.05, 4.69) is 4.98 Å². The highest BCUT2D eigenvalue weighted by Gasteiger charge is 2.17. The van der Waals surface area contributed by atoms with E-state index in [-0.39, 0.29) is 5.02 Å². The normalized spacial score (nSPS) is 10.6. The van der Waals surface area contributed by atoms with Crippen molar-refractivity contribution >= 4 is 17.6 Å². The molecule has 0 saturated heterocycles. The standard InChI is InChI=1S/C13H10ClFN2O4/c1-2-6-3-11(18)17(13(21)16-6)10-4-7(12(19)20)8(14)5-9(10)15/h3-5H,2H2,1H3,(H,16,21)(H,19,20). The van der Waals surface area contributed by atoms with Crippen LogP contribution < -0.4 is 11.2 Å². The summed E-state index contributed by atoms with van der Waals surface area (Å²) in [7, 11) is 0. The minimum Gasteiger partial charge on any atom is -0.478 e. The maximum atomic E-state index is 13.9. The van der Waals surface area contributed by atoms with Crippen molar-refractivity contribution in [2.45, 2.75) is 13.3 Å². The molecule has 21 heavy (non-hydrogen) atoms. The van der Waals surface area contributed by atoms with Gasteiger partial charge in [-0.3, -0.25) is 4.79 Å². The third-order valence-electron chi connectivity index (χ3n) is 2.88. The van der Waals surface area contributed by atoms with E-state index in [0.29, 0.717) is 16.7 Å². The SMILES string of the molecule is CCc1cc(=O)n(-c2cc(C(=O)O)c(Cl)cc2F)c(=O)[nH]1. The molecule has 2 N–H and O–H groups in total. The summed E-state index contributed by atoms with van der Waals surface area (Å²) in [5, 5.41) is 8.65. The highest BCUT2D eigenvalue weighted by Crippen LogP contribution is 2.22. The van der Waals surface area contributed by atoms with Gasteiger partial charge in [0.2, 0.25) is 0 Å². The van der Waals surface area contributed by atoms with Gasteiger partial charge in [0.25, 0.3) is 5.56 Å². The van der Waals surface area contributed by atoms with Crippen molar-refractivity contribution in [3.8, 4) is 5.69 Å². The number of carbonyl (C=O) groups is 1. The fourth-order valence-electron chi connectivity index (χ4n) is 1.83. The monoisotopic (exact) mass is 312 g/mol. The Morgan fingerprint density at radius 2 is 2.05 bits per heavy atom. The molecule has 1 heterocycles. The summed E-state index contributed by atoms with van der Waals surface area (Å²) >= 11 is 5.62. The van der Waals surface area contributed by atoms with Gasteiger partial charge >= 0.3 is 11.7 Å². The molecule has 0 aliphatic heterocycles. The summed E-state index contributed by atoms with van der Waals surface area (Å²) in [6, 6.07) is 2.75. The molecule has 0 fully saturated rings. The Bertz CT molecular complexity index is 810. The Labute approximate surface area is 122 Å². The number of carboxylic acid groups (broad SMARTS) is 1. The molecule has 0 spiro atoms. The Hall–Kier alpha value is -2.41. The van der Waals surface area contributed by atoms with Crippen LogP contribution in [0, 0.1) is 5.82 Å². The van der Waals surface area contributed by atoms with Gasteiger partial charge in [0.1, 0.15) is 5.82 Å².